The van der Waals surface area contributed by atoms with Crippen LogP contribution in [0.5, 0.6) is 0 Å². The van der Waals surface area contributed by atoms with Crippen LogP contribution in [0.1, 0.15) is 0 Å². The van der Waals surface area contributed by atoms with Crippen molar-refractivity contribution in [1.82, 2.24) is 9.80 Å². The molecule has 0 spiro atoms. The van der Waals surface area contributed by atoms with E-state index in [-0.39, 0.29) is 0 Å². The minimum absolute atomic E-state index is 0.657. The summed E-state index contributed by atoms with van der Waals surface area (Å²) >= 11 is 5.45. The Hall–Kier alpha value is 0.260. The van der Waals surface area contributed by atoms with Crippen LogP contribution in [0.2, 0.25) is 0 Å². The highest BCUT2D eigenvalue weighted by Crippen LogP contribution is 2.25. The van der Waals surface area contributed by atoms with Crippen LogP contribution < -0.4 is 0 Å². The van der Waals surface area contributed by atoms with E-state index in [9.17, 15) is 0 Å². The van der Waals surface area contributed by atoms with Crippen molar-refractivity contribution in [2.24, 2.45) is 4.99 Å². The molecule has 0 aromatic rings. The Morgan fingerprint density at radius 1 is 1.43 bits per heavy atom. The molecule has 1 unspecified atom stereocenters. The number of hydrogen-bond donors (Lipinski definition) is 0. The summed E-state index contributed by atoms with van der Waals surface area (Å²) in [7, 11) is 2.18. The number of halogens is 1. The molecule has 5 heteroatoms. The quantitative estimate of drug-likeness (QED) is 0.669. The Balaban J connectivity index is 1.85. The van der Waals surface area contributed by atoms with E-state index in [0.29, 0.717) is 5.25 Å². The van der Waals surface area contributed by atoms with Crippen LogP contribution in [0, 0.1) is 0 Å². The van der Waals surface area contributed by atoms with Crippen molar-refractivity contribution in [2.45, 2.75) is 5.25 Å². The Labute approximate surface area is 98.1 Å². The fraction of sp³-hybridized carbons (Fsp3) is 0.889. The van der Waals surface area contributed by atoms with Crippen LogP contribution in [0.3, 0.4) is 0 Å². The van der Waals surface area contributed by atoms with E-state index < -0.39 is 0 Å². The first-order valence-electron chi connectivity index (χ1n) is 5.00. The largest absolute Gasteiger partial charge is 0.349 e. The number of alkyl halides is 1. The lowest BCUT2D eigenvalue weighted by Crippen LogP contribution is -2.46. The third kappa shape index (κ3) is 2.44. The van der Waals surface area contributed by atoms with Gasteiger partial charge in [0.2, 0.25) is 0 Å². The van der Waals surface area contributed by atoms with Gasteiger partial charge in [-0.15, -0.1) is 0 Å². The maximum atomic E-state index is 4.59. The second-order valence-electron chi connectivity index (χ2n) is 3.81. The van der Waals surface area contributed by atoms with Gasteiger partial charge in [-0.2, -0.15) is 0 Å². The first-order valence-corrected chi connectivity index (χ1v) is 7.00. The second kappa shape index (κ2) is 4.86. The molecule has 2 aliphatic heterocycles. The Morgan fingerprint density at radius 2 is 2.14 bits per heavy atom. The number of aliphatic imine (C=N–C) groups is 1. The van der Waals surface area contributed by atoms with Gasteiger partial charge in [0.25, 0.3) is 0 Å². The van der Waals surface area contributed by atoms with Crippen molar-refractivity contribution in [3.05, 3.63) is 0 Å². The molecule has 0 amide bonds. The van der Waals surface area contributed by atoms with Gasteiger partial charge in [-0.05, 0) is 7.05 Å². The number of nitrogens with zero attached hydrogens (tertiary/aromatic N) is 3. The molecule has 0 N–H and O–H groups in total. The van der Waals surface area contributed by atoms with E-state index >= 15 is 0 Å². The van der Waals surface area contributed by atoms with E-state index in [4.69, 9.17) is 0 Å². The summed E-state index contributed by atoms with van der Waals surface area (Å²) in [6.45, 7) is 5.59. The van der Waals surface area contributed by atoms with Gasteiger partial charge in [-0.1, -0.05) is 27.7 Å². The molecule has 0 aliphatic carbocycles. The normalized spacial score (nSPS) is 29.4. The molecule has 2 heterocycles. The summed E-state index contributed by atoms with van der Waals surface area (Å²) in [6.07, 6.45) is 0. The molecule has 0 aromatic heterocycles. The van der Waals surface area contributed by atoms with Gasteiger partial charge >= 0.3 is 0 Å². The first kappa shape index (κ1) is 10.8. The Kier molecular flexibility index (Phi) is 3.73. The van der Waals surface area contributed by atoms with Crippen LogP contribution >= 0.6 is 27.7 Å². The second-order valence-corrected chi connectivity index (χ2v) is 5.72. The zero-order valence-corrected chi connectivity index (χ0v) is 10.9. The standard InChI is InChI=1S/C9H16BrN3S/c1-12-2-4-13(5-3-12)9-11-7-8(6-10)14-9/h8H,2-7H2,1H3. The van der Waals surface area contributed by atoms with Crippen molar-refractivity contribution in [3.8, 4) is 0 Å². The lowest BCUT2D eigenvalue weighted by molar-refractivity contribution is 0.218. The van der Waals surface area contributed by atoms with E-state index in [1.54, 1.807) is 0 Å². The number of likely N-dealkylation sites (N-methyl/N-ethyl adjacent to an activating group) is 1. The van der Waals surface area contributed by atoms with Crippen molar-refractivity contribution < 1.29 is 0 Å². The molecular weight excluding hydrogens is 262 g/mol. The summed E-state index contributed by atoms with van der Waals surface area (Å²) < 4.78 is 0. The molecule has 1 atom stereocenters. The maximum Gasteiger partial charge on any atom is 0.159 e. The van der Waals surface area contributed by atoms with Crippen LogP contribution in [0.15, 0.2) is 4.99 Å². The average molecular weight is 278 g/mol. The summed E-state index contributed by atoms with van der Waals surface area (Å²) in [4.78, 5) is 9.39. The van der Waals surface area contributed by atoms with E-state index in [0.717, 1.165) is 25.0 Å². The molecule has 0 radical (unpaired) electrons. The predicted octanol–water partition coefficient (Wildman–Crippen LogP) is 1.10. The van der Waals surface area contributed by atoms with Crippen LogP contribution in [0.4, 0.5) is 0 Å². The number of thioether (sulfide) groups is 1. The van der Waals surface area contributed by atoms with E-state index in [1.807, 2.05) is 11.8 Å². The van der Waals surface area contributed by atoms with Gasteiger partial charge in [0, 0.05) is 36.8 Å². The maximum absolute atomic E-state index is 4.59. The Morgan fingerprint density at radius 3 is 2.71 bits per heavy atom. The smallest absolute Gasteiger partial charge is 0.159 e. The third-order valence-corrected chi connectivity index (χ3v) is 5.11. The number of amidine groups is 1. The lowest BCUT2D eigenvalue weighted by Gasteiger charge is -2.33. The zero-order chi connectivity index (χ0) is 9.97. The monoisotopic (exact) mass is 277 g/mol. The molecule has 0 aromatic carbocycles. The van der Waals surface area contributed by atoms with Crippen LogP contribution in [-0.4, -0.2) is 65.3 Å². The van der Waals surface area contributed by atoms with Crippen molar-refractivity contribution in [3.63, 3.8) is 0 Å². The van der Waals surface area contributed by atoms with Gasteiger partial charge in [-0.3, -0.25) is 4.99 Å². The zero-order valence-electron chi connectivity index (χ0n) is 8.45. The molecule has 14 heavy (non-hydrogen) atoms. The fourth-order valence-corrected chi connectivity index (χ4v) is 3.25. The van der Waals surface area contributed by atoms with Gasteiger partial charge < -0.3 is 9.80 Å². The third-order valence-electron chi connectivity index (χ3n) is 2.65. The highest BCUT2D eigenvalue weighted by Gasteiger charge is 2.24. The van der Waals surface area contributed by atoms with Crippen molar-refractivity contribution >= 4 is 32.9 Å². The molecule has 3 nitrogen and oxygen atoms in total. The van der Waals surface area contributed by atoms with Gasteiger partial charge in [-0.25, -0.2) is 0 Å². The molecule has 2 rings (SSSR count). The molecular formula is C9H16BrN3S. The average Bonchev–Trinajstić information content (AvgIpc) is 2.67. The number of hydrogen-bond acceptors (Lipinski definition) is 4. The van der Waals surface area contributed by atoms with Crippen molar-refractivity contribution in [2.75, 3.05) is 45.1 Å². The Bertz CT molecular complexity index is 226. The fourth-order valence-electron chi connectivity index (χ4n) is 1.66. The van der Waals surface area contributed by atoms with E-state index in [1.165, 1.54) is 18.3 Å². The minimum Gasteiger partial charge on any atom is -0.349 e. The van der Waals surface area contributed by atoms with Gasteiger partial charge in [0.15, 0.2) is 5.17 Å². The summed E-state index contributed by atoms with van der Waals surface area (Å²) in [6, 6.07) is 0. The van der Waals surface area contributed by atoms with Crippen LogP contribution in [-0.2, 0) is 0 Å². The molecule has 2 aliphatic rings. The van der Waals surface area contributed by atoms with E-state index in [2.05, 4.69) is 37.8 Å². The topological polar surface area (TPSA) is 18.8 Å². The molecule has 0 bridgehead atoms. The summed E-state index contributed by atoms with van der Waals surface area (Å²) in [5.74, 6) is 0. The highest BCUT2D eigenvalue weighted by atomic mass is 79.9. The number of rotatable bonds is 1. The summed E-state index contributed by atoms with van der Waals surface area (Å²) in [5.41, 5.74) is 0. The molecule has 0 saturated carbocycles. The van der Waals surface area contributed by atoms with Crippen molar-refractivity contribution in [1.29, 1.82) is 0 Å². The predicted molar refractivity (Wildman–Crippen MR) is 66.5 cm³/mol. The molecule has 80 valence electrons. The van der Waals surface area contributed by atoms with Gasteiger partial charge in [0.05, 0.1) is 6.54 Å². The molecule has 1 fully saturated rings. The first-order chi connectivity index (χ1) is 6.79. The number of piperazine rings is 1. The van der Waals surface area contributed by atoms with Gasteiger partial charge in [0.1, 0.15) is 0 Å². The highest BCUT2D eigenvalue weighted by molar-refractivity contribution is 9.09. The minimum atomic E-state index is 0.657. The SMILES string of the molecule is CN1CCN(C2=NCC(CBr)S2)CC1. The van der Waals surface area contributed by atoms with Crippen LogP contribution in [0.25, 0.3) is 0 Å². The lowest BCUT2D eigenvalue weighted by atomic mass is 10.3. The summed E-state index contributed by atoms with van der Waals surface area (Å²) in [5, 5.41) is 2.98. The molecule has 1 saturated heterocycles.